The normalized spacial score (nSPS) is 19.5. The molecule has 11 heteroatoms. The number of nitrogens with zero attached hydrogens (tertiary/aromatic N) is 6. The zero-order valence-corrected chi connectivity index (χ0v) is 22.8. The zero-order chi connectivity index (χ0) is 28.3. The van der Waals surface area contributed by atoms with Gasteiger partial charge in [0.1, 0.15) is 18.2 Å². The van der Waals surface area contributed by atoms with Crippen LogP contribution in [0.15, 0.2) is 36.4 Å². The van der Waals surface area contributed by atoms with Gasteiger partial charge in [-0.3, -0.25) is 14.6 Å². The third-order valence-electron chi connectivity index (χ3n) is 8.19. The second kappa shape index (κ2) is 11.9. The molecule has 41 heavy (non-hydrogen) atoms. The van der Waals surface area contributed by atoms with E-state index >= 15 is 0 Å². The van der Waals surface area contributed by atoms with Crippen LogP contribution in [-0.4, -0.2) is 67.8 Å². The molecule has 3 aromatic rings. The van der Waals surface area contributed by atoms with Gasteiger partial charge in [0.25, 0.3) is 0 Å². The van der Waals surface area contributed by atoms with Gasteiger partial charge in [0, 0.05) is 42.9 Å². The lowest BCUT2D eigenvalue weighted by Crippen LogP contribution is -2.36. The number of imidazole rings is 1. The van der Waals surface area contributed by atoms with Gasteiger partial charge in [0.2, 0.25) is 5.88 Å². The second-order valence-electron chi connectivity index (χ2n) is 11.0. The summed E-state index contributed by atoms with van der Waals surface area (Å²) in [5, 5.41) is 18.1. The lowest BCUT2D eigenvalue weighted by atomic mass is 9.93. The summed E-state index contributed by atoms with van der Waals surface area (Å²) in [6.07, 6.45) is 3.15. The van der Waals surface area contributed by atoms with Crippen molar-refractivity contribution in [2.45, 2.75) is 64.1 Å². The van der Waals surface area contributed by atoms with Crippen LogP contribution in [0.25, 0.3) is 0 Å². The van der Waals surface area contributed by atoms with Crippen LogP contribution in [0.3, 0.4) is 0 Å². The first-order valence-electron chi connectivity index (χ1n) is 14.1. The molecular weight excluding hydrogens is 527 g/mol. The maximum absolute atomic E-state index is 14.2. The molecule has 3 aliphatic heterocycles. The Morgan fingerprint density at radius 2 is 1.98 bits per heavy atom. The molecule has 1 atom stereocenters. The Hall–Kier alpha value is -3.85. The minimum atomic E-state index is -0.820. The summed E-state index contributed by atoms with van der Waals surface area (Å²) in [4.78, 5) is 25.2. The van der Waals surface area contributed by atoms with Crippen LogP contribution in [0.1, 0.15) is 59.2 Å². The summed E-state index contributed by atoms with van der Waals surface area (Å²) in [5.74, 6) is 0.511. The summed E-state index contributed by atoms with van der Waals surface area (Å²) in [6, 6.07) is 12.0. The number of pyridine rings is 1. The number of rotatable bonds is 10. The average Bonchev–Trinajstić information content (AvgIpc) is 3.46. The number of likely N-dealkylation sites (tertiary alicyclic amines) is 1. The van der Waals surface area contributed by atoms with Crippen LogP contribution in [0.4, 0.5) is 4.39 Å². The largest absolute Gasteiger partial charge is 0.480 e. The number of benzene rings is 1. The number of halogens is 1. The number of piperidine rings is 1. The van der Waals surface area contributed by atoms with E-state index in [4.69, 9.17) is 24.7 Å². The smallest absolute Gasteiger partial charge is 0.317 e. The average molecular weight is 561 g/mol. The summed E-state index contributed by atoms with van der Waals surface area (Å²) >= 11 is 0. The lowest BCUT2D eigenvalue weighted by Gasteiger charge is -2.32. The number of aliphatic carboxylic acids is 1. The Morgan fingerprint density at radius 3 is 2.68 bits per heavy atom. The molecule has 1 N–H and O–H groups in total. The number of nitriles is 1. The molecule has 214 valence electrons. The topological polar surface area (TPSA) is 117 Å². The molecule has 5 heterocycles. The van der Waals surface area contributed by atoms with Crippen molar-refractivity contribution in [2.24, 2.45) is 0 Å². The van der Waals surface area contributed by atoms with E-state index in [0.29, 0.717) is 30.5 Å². The molecule has 2 saturated heterocycles. The SMILES string of the molecule is N#Cc1ccc(COc2cccc(C3CCN(Cc4nc5c(n4C[C@@H]4CCO4)CN(CC(=O)O)C5)CC3)n2)c(F)c1. The first kappa shape index (κ1) is 27.3. The van der Waals surface area contributed by atoms with E-state index in [-0.39, 0.29) is 24.8 Å². The molecule has 0 saturated carbocycles. The molecule has 0 spiro atoms. The van der Waals surface area contributed by atoms with Gasteiger partial charge in [-0.15, -0.1) is 0 Å². The Labute approximate surface area is 237 Å². The van der Waals surface area contributed by atoms with Gasteiger partial charge in [-0.2, -0.15) is 5.26 Å². The van der Waals surface area contributed by atoms with Crippen LogP contribution >= 0.6 is 0 Å². The van der Waals surface area contributed by atoms with Crippen LogP contribution < -0.4 is 4.74 Å². The molecule has 2 fully saturated rings. The van der Waals surface area contributed by atoms with Gasteiger partial charge in [-0.25, -0.2) is 14.4 Å². The maximum atomic E-state index is 14.2. The third-order valence-corrected chi connectivity index (χ3v) is 8.19. The van der Waals surface area contributed by atoms with E-state index < -0.39 is 11.8 Å². The fourth-order valence-corrected chi connectivity index (χ4v) is 5.86. The van der Waals surface area contributed by atoms with Gasteiger partial charge >= 0.3 is 5.97 Å². The Morgan fingerprint density at radius 1 is 1.15 bits per heavy atom. The highest BCUT2D eigenvalue weighted by atomic mass is 19.1. The van der Waals surface area contributed by atoms with Crippen molar-refractivity contribution in [3.8, 4) is 11.9 Å². The van der Waals surface area contributed by atoms with Crippen molar-refractivity contribution in [1.29, 1.82) is 5.26 Å². The number of hydrogen-bond acceptors (Lipinski definition) is 8. The van der Waals surface area contributed by atoms with Gasteiger partial charge < -0.3 is 19.1 Å². The molecule has 2 aromatic heterocycles. The quantitative estimate of drug-likeness (QED) is 0.398. The molecule has 10 nitrogen and oxygen atoms in total. The van der Waals surface area contributed by atoms with Crippen LogP contribution in [0.2, 0.25) is 0 Å². The molecule has 6 rings (SSSR count). The van der Waals surface area contributed by atoms with E-state index in [1.54, 1.807) is 18.2 Å². The first-order valence-corrected chi connectivity index (χ1v) is 14.1. The van der Waals surface area contributed by atoms with Crippen molar-refractivity contribution in [3.63, 3.8) is 0 Å². The predicted octanol–water partition coefficient (Wildman–Crippen LogP) is 3.44. The first-order chi connectivity index (χ1) is 19.9. The number of carbonyl (C=O) groups is 1. The minimum absolute atomic E-state index is 0.0196. The molecule has 0 bridgehead atoms. The van der Waals surface area contributed by atoms with Gasteiger partial charge in [0.15, 0.2) is 0 Å². The molecule has 0 amide bonds. The monoisotopic (exact) mass is 560 g/mol. The van der Waals surface area contributed by atoms with Crippen molar-refractivity contribution in [3.05, 3.63) is 76.2 Å². The fourth-order valence-electron chi connectivity index (χ4n) is 5.86. The highest BCUT2D eigenvalue weighted by Gasteiger charge is 2.31. The van der Waals surface area contributed by atoms with E-state index in [9.17, 15) is 14.3 Å². The minimum Gasteiger partial charge on any atom is -0.480 e. The fraction of sp³-hybridized carbons (Fsp3) is 0.467. The number of ether oxygens (including phenoxy) is 2. The summed E-state index contributed by atoms with van der Waals surface area (Å²) in [5.41, 5.74) is 3.74. The van der Waals surface area contributed by atoms with Crippen molar-refractivity contribution in [2.75, 3.05) is 26.2 Å². The van der Waals surface area contributed by atoms with Gasteiger partial charge in [-0.1, -0.05) is 12.1 Å². The number of aromatic nitrogens is 3. The second-order valence-corrected chi connectivity index (χ2v) is 11.0. The molecule has 1 aromatic carbocycles. The molecule has 0 radical (unpaired) electrons. The van der Waals surface area contributed by atoms with E-state index in [2.05, 4.69) is 9.47 Å². The highest BCUT2D eigenvalue weighted by molar-refractivity contribution is 5.69. The Bertz CT molecular complexity index is 1460. The molecule has 0 unspecified atom stereocenters. The molecular formula is C30H33FN6O4. The Balaban J connectivity index is 1.06. The number of carboxylic acids is 1. The van der Waals surface area contributed by atoms with E-state index in [1.165, 1.54) is 6.07 Å². The van der Waals surface area contributed by atoms with Gasteiger partial charge in [-0.05, 0) is 50.6 Å². The van der Waals surface area contributed by atoms with Crippen molar-refractivity contribution >= 4 is 5.97 Å². The standard InChI is InChI=1S/C30H33FN6O4/c31-24-12-20(13-32)4-5-22(24)19-41-29-3-1-2-25(34-29)21-6-9-35(10-7-21)17-28-33-26-15-36(18-30(38)39)16-27(26)37(28)14-23-8-11-40-23/h1-5,12,21,23H,6-11,14-19H2,(H,38,39)/t23-/m0/s1. The predicted molar refractivity (Wildman–Crippen MR) is 145 cm³/mol. The summed E-state index contributed by atoms with van der Waals surface area (Å²) in [6.45, 7) is 5.36. The zero-order valence-electron chi connectivity index (χ0n) is 22.8. The third kappa shape index (κ3) is 6.25. The lowest BCUT2D eigenvalue weighted by molar-refractivity contribution is -0.138. The van der Waals surface area contributed by atoms with Crippen molar-refractivity contribution in [1.82, 2.24) is 24.3 Å². The molecule has 3 aliphatic rings. The Kier molecular flexibility index (Phi) is 7.96. The highest BCUT2D eigenvalue weighted by Crippen LogP contribution is 2.31. The van der Waals surface area contributed by atoms with Crippen LogP contribution in [0, 0.1) is 17.1 Å². The number of hydrogen-bond donors (Lipinski definition) is 1. The molecule has 0 aliphatic carbocycles. The van der Waals surface area contributed by atoms with Crippen LogP contribution in [-0.2, 0) is 42.3 Å². The van der Waals surface area contributed by atoms with Crippen molar-refractivity contribution < 1.29 is 23.8 Å². The number of fused-ring (bicyclic) bond motifs is 1. The maximum Gasteiger partial charge on any atom is 0.317 e. The van der Waals surface area contributed by atoms with E-state index in [0.717, 1.165) is 75.0 Å². The summed E-state index contributed by atoms with van der Waals surface area (Å²) in [7, 11) is 0. The van der Waals surface area contributed by atoms with Gasteiger partial charge in [0.05, 0.1) is 48.8 Å². The number of carboxylic acid groups (broad SMARTS) is 1. The summed E-state index contributed by atoms with van der Waals surface area (Å²) < 4.78 is 28.0. The van der Waals surface area contributed by atoms with E-state index in [1.807, 2.05) is 23.1 Å². The van der Waals surface area contributed by atoms with Crippen LogP contribution in [0.5, 0.6) is 5.88 Å².